The molecular weight excluding hydrogens is 387 g/mol. The van der Waals surface area contributed by atoms with Gasteiger partial charge in [0.05, 0.1) is 10.7 Å². The topological polar surface area (TPSA) is 71.4 Å². The second-order valence-corrected chi connectivity index (χ2v) is 6.60. The maximum atomic E-state index is 12.2. The molecule has 0 aliphatic heterocycles. The quantitative estimate of drug-likeness (QED) is 0.505. The Morgan fingerprint density at radius 1 is 1.19 bits per heavy atom. The van der Waals surface area contributed by atoms with Gasteiger partial charge in [0.1, 0.15) is 28.9 Å². The molecule has 4 aromatic rings. The lowest BCUT2D eigenvalue weighted by molar-refractivity contribution is 0.102. The van der Waals surface area contributed by atoms with Gasteiger partial charge in [-0.1, -0.05) is 29.3 Å². The van der Waals surface area contributed by atoms with Crippen LogP contribution >= 0.6 is 23.2 Å². The molecule has 2 N–H and O–H groups in total. The van der Waals surface area contributed by atoms with Gasteiger partial charge in [-0.2, -0.15) is 0 Å². The molecule has 0 fully saturated rings. The molecule has 3 heterocycles. The Hall–Kier alpha value is -2.96. The number of hydrogen-bond donors (Lipinski definition) is 2. The monoisotopic (exact) mass is 400 g/mol. The number of hydrogen-bond acceptors (Lipinski definition) is 3. The van der Waals surface area contributed by atoms with Crippen molar-refractivity contribution in [3.05, 3.63) is 82.5 Å². The van der Waals surface area contributed by atoms with E-state index in [1.165, 1.54) is 6.07 Å². The van der Waals surface area contributed by atoms with Crippen LogP contribution in [0.2, 0.25) is 10.2 Å². The lowest BCUT2D eigenvalue weighted by Gasteiger charge is -2.07. The van der Waals surface area contributed by atoms with Crippen molar-refractivity contribution in [2.24, 2.45) is 0 Å². The number of anilines is 1. The van der Waals surface area contributed by atoms with E-state index in [0.29, 0.717) is 23.1 Å². The molecular formula is C19H14Cl2N4O2. The van der Waals surface area contributed by atoms with Gasteiger partial charge in [0, 0.05) is 18.1 Å². The first kappa shape index (κ1) is 17.5. The highest BCUT2D eigenvalue weighted by Gasteiger charge is 2.12. The molecule has 0 aliphatic rings. The van der Waals surface area contributed by atoms with Crippen LogP contribution in [0.25, 0.3) is 5.65 Å². The van der Waals surface area contributed by atoms with E-state index >= 15 is 0 Å². The van der Waals surface area contributed by atoms with Crippen molar-refractivity contribution in [3.63, 3.8) is 0 Å². The molecule has 1 aromatic carbocycles. The van der Waals surface area contributed by atoms with E-state index in [9.17, 15) is 4.79 Å². The Morgan fingerprint density at radius 2 is 2.00 bits per heavy atom. The van der Waals surface area contributed by atoms with E-state index < -0.39 is 0 Å². The normalized spacial score (nSPS) is 10.9. The Balaban J connectivity index is 1.37. The van der Waals surface area contributed by atoms with Crippen molar-refractivity contribution in [2.75, 3.05) is 5.32 Å². The molecule has 0 atom stereocenters. The largest absolute Gasteiger partial charge is 0.487 e. The summed E-state index contributed by atoms with van der Waals surface area (Å²) in [4.78, 5) is 19.4. The van der Waals surface area contributed by atoms with Crippen LogP contribution in [-0.4, -0.2) is 20.3 Å². The van der Waals surface area contributed by atoms with E-state index in [0.717, 1.165) is 11.3 Å². The van der Waals surface area contributed by atoms with E-state index in [4.69, 9.17) is 27.9 Å². The summed E-state index contributed by atoms with van der Waals surface area (Å²) in [5.41, 5.74) is 2.62. The molecule has 136 valence electrons. The molecule has 0 spiro atoms. The minimum atomic E-state index is -0.331. The number of halogens is 2. The minimum Gasteiger partial charge on any atom is -0.487 e. The fourth-order valence-corrected chi connectivity index (χ4v) is 2.89. The number of aromatic amines is 1. The highest BCUT2D eigenvalue weighted by atomic mass is 35.5. The van der Waals surface area contributed by atoms with Gasteiger partial charge in [0.25, 0.3) is 5.91 Å². The van der Waals surface area contributed by atoms with Crippen molar-refractivity contribution in [2.45, 2.75) is 6.61 Å². The zero-order valence-corrected chi connectivity index (χ0v) is 15.5. The second-order valence-electron chi connectivity index (χ2n) is 5.81. The van der Waals surface area contributed by atoms with Crippen LogP contribution in [0.3, 0.4) is 0 Å². The standard InChI is InChI=1S/C19H14Cl2N4O2/c20-15-9-16(24-18(15)21)19(26)23-12-4-6-14(7-5-12)27-11-13-10-25-8-2-1-3-17(25)22-13/h1-10,24H,11H2,(H,23,26). The highest BCUT2D eigenvalue weighted by Crippen LogP contribution is 2.23. The SMILES string of the molecule is O=C(Nc1ccc(OCc2cn3ccccc3n2)cc1)c1cc(Cl)c(Cl)[nH]1. The average Bonchev–Trinajstić information content (AvgIpc) is 3.24. The Morgan fingerprint density at radius 3 is 2.70 bits per heavy atom. The van der Waals surface area contributed by atoms with Crippen LogP contribution in [0.15, 0.2) is 60.9 Å². The van der Waals surface area contributed by atoms with Gasteiger partial charge in [0.15, 0.2) is 0 Å². The van der Waals surface area contributed by atoms with Gasteiger partial charge >= 0.3 is 0 Å². The summed E-state index contributed by atoms with van der Waals surface area (Å²) in [6.45, 7) is 0.354. The maximum absolute atomic E-state index is 12.2. The number of nitrogens with one attached hydrogen (secondary N) is 2. The number of aromatic nitrogens is 3. The lowest BCUT2D eigenvalue weighted by atomic mass is 10.3. The number of pyridine rings is 1. The fraction of sp³-hybridized carbons (Fsp3) is 0.0526. The van der Waals surface area contributed by atoms with E-state index in [1.54, 1.807) is 24.3 Å². The first-order chi connectivity index (χ1) is 13.1. The predicted octanol–water partition coefficient (Wildman–Crippen LogP) is 4.80. The summed E-state index contributed by atoms with van der Waals surface area (Å²) in [5.74, 6) is 0.346. The van der Waals surface area contributed by atoms with E-state index in [1.807, 2.05) is 35.0 Å². The number of benzene rings is 1. The molecule has 8 heteroatoms. The number of carbonyl (C=O) groups excluding carboxylic acids is 1. The molecule has 0 saturated heterocycles. The third-order valence-corrected chi connectivity index (χ3v) is 4.58. The molecule has 0 saturated carbocycles. The zero-order valence-electron chi connectivity index (χ0n) is 13.9. The van der Waals surface area contributed by atoms with Crippen molar-refractivity contribution < 1.29 is 9.53 Å². The summed E-state index contributed by atoms with van der Waals surface area (Å²) in [7, 11) is 0. The van der Waals surface area contributed by atoms with Crippen LogP contribution < -0.4 is 10.1 Å². The smallest absolute Gasteiger partial charge is 0.272 e. The van der Waals surface area contributed by atoms with Crippen LogP contribution in [0, 0.1) is 0 Å². The summed E-state index contributed by atoms with van der Waals surface area (Å²) in [6, 6.07) is 14.4. The van der Waals surface area contributed by atoms with Crippen molar-refractivity contribution in [3.8, 4) is 5.75 Å². The highest BCUT2D eigenvalue weighted by molar-refractivity contribution is 6.41. The van der Waals surface area contributed by atoms with Gasteiger partial charge in [0.2, 0.25) is 0 Å². The Labute approximate surface area is 164 Å². The van der Waals surface area contributed by atoms with Crippen LogP contribution in [-0.2, 0) is 6.61 Å². The molecule has 1 amide bonds. The van der Waals surface area contributed by atoms with Crippen molar-refractivity contribution in [1.29, 1.82) is 0 Å². The third-order valence-electron chi connectivity index (χ3n) is 3.88. The number of carbonyl (C=O) groups is 1. The van der Waals surface area contributed by atoms with Crippen molar-refractivity contribution >= 4 is 40.4 Å². The summed E-state index contributed by atoms with van der Waals surface area (Å²) in [5, 5.41) is 3.30. The lowest BCUT2D eigenvalue weighted by Crippen LogP contribution is -2.12. The zero-order chi connectivity index (χ0) is 18.8. The molecule has 3 aromatic heterocycles. The number of imidazole rings is 1. The summed E-state index contributed by atoms with van der Waals surface area (Å²) in [6.07, 6.45) is 3.87. The molecule has 0 unspecified atom stereocenters. The number of H-pyrrole nitrogens is 1. The van der Waals surface area contributed by atoms with E-state index in [2.05, 4.69) is 15.3 Å². The number of nitrogens with zero attached hydrogens (tertiary/aromatic N) is 2. The van der Waals surface area contributed by atoms with Crippen LogP contribution in [0.1, 0.15) is 16.2 Å². The van der Waals surface area contributed by atoms with Gasteiger partial charge in [-0.25, -0.2) is 4.98 Å². The van der Waals surface area contributed by atoms with Gasteiger partial charge < -0.3 is 19.4 Å². The van der Waals surface area contributed by atoms with Gasteiger partial charge in [-0.15, -0.1) is 0 Å². The first-order valence-corrected chi connectivity index (χ1v) is 8.85. The minimum absolute atomic E-state index is 0.234. The Bertz CT molecular complexity index is 1050. The summed E-state index contributed by atoms with van der Waals surface area (Å²) >= 11 is 11.7. The molecule has 0 radical (unpaired) electrons. The van der Waals surface area contributed by atoms with Gasteiger partial charge in [-0.05, 0) is 42.5 Å². The second kappa shape index (κ2) is 7.34. The molecule has 0 bridgehead atoms. The Kier molecular flexibility index (Phi) is 4.75. The number of ether oxygens (including phenoxy) is 1. The number of amides is 1. The summed E-state index contributed by atoms with van der Waals surface area (Å²) < 4.78 is 7.70. The van der Waals surface area contributed by atoms with Crippen molar-refractivity contribution in [1.82, 2.24) is 14.4 Å². The molecule has 27 heavy (non-hydrogen) atoms. The van der Waals surface area contributed by atoms with Crippen LogP contribution in [0.5, 0.6) is 5.75 Å². The molecule has 6 nitrogen and oxygen atoms in total. The van der Waals surface area contributed by atoms with Gasteiger partial charge in [-0.3, -0.25) is 4.79 Å². The first-order valence-electron chi connectivity index (χ1n) is 8.09. The van der Waals surface area contributed by atoms with E-state index in [-0.39, 0.29) is 16.8 Å². The number of fused-ring (bicyclic) bond motifs is 1. The number of rotatable bonds is 5. The maximum Gasteiger partial charge on any atom is 0.272 e. The third kappa shape index (κ3) is 3.92. The predicted molar refractivity (Wildman–Crippen MR) is 105 cm³/mol. The fourth-order valence-electron chi connectivity index (χ4n) is 2.57. The van der Waals surface area contributed by atoms with Crippen LogP contribution in [0.4, 0.5) is 5.69 Å². The molecule has 0 aliphatic carbocycles. The average molecular weight is 401 g/mol. The molecule has 4 rings (SSSR count).